The van der Waals surface area contributed by atoms with Gasteiger partial charge in [-0.3, -0.25) is 9.79 Å². The first-order valence-electron chi connectivity index (χ1n) is 10.3. The minimum atomic E-state index is -0.286. The van der Waals surface area contributed by atoms with Gasteiger partial charge in [0.15, 0.2) is 5.96 Å². The summed E-state index contributed by atoms with van der Waals surface area (Å²) >= 11 is 0. The van der Waals surface area contributed by atoms with Crippen molar-refractivity contribution in [1.82, 2.24) is 15.5 Å². The molecule has 0 aliphatic carbocycles. The molecule has 0 radical (unpaired) electrons. The summed E-state index contributed by atoms with van der Waals surface area (Å²) in [6.07, 6.45) is 0.770. The number of amides is 1. The highest BCUT2D eigenvalue weighted by Gasteiger charge is 2.21. The van der Waals surface area contributed by atoms with Gasteiger partial charge in [-0.15, -0.1) is 24.0 Å². The first-order valence-corrected chi connectivity index (χ1v) is 10.3. The molecule has 0 aromatic heterocycles. The van der Waals surface area contributed by atoms with Crippen molar-refractivity contribution in [2.45, 2.75) is 32.6 Å². The molecule has 2 N–H and O–H groups in total. The van der Waals surface area contributed by atoms with Gasteiger partial charge in [0.1, 0.15) is 5.82 Å². The van der Waals surface area contributed by atoms with E-state index in [2.05, 4.69) is 24.5 Å². The average Bonchev–Trinajstić information content (AvgIpc) is 2.71. The fourth-order valence-electron chi connectivity index (χ4n) is 3.06. The molecule has 7 heteroatoms. The van der Waals surface area contributed by atoms with E-state index >= 15 is 0 Å². The van der Waals surface area contributed by atoms with Crippen LogP contribution in [0, 0.1) is 5.82 Å². The van der Waals surface area contributed by atoms with Crippen molar-refractivity contribution in [3.63, 3.8) is 0 Å². The van der Waals surface area contributed by atoms with E-state index in [-0.39, 0.29) is 41.1 Å². The van der Waals surface area contributed by atoms with Gasteiger partial charge in [0, 0.05) is 38.2 Å². The lowest BCUT2D eigenvalue weighted by Crippen LogP contribution is -2.39. The maximum absolute atomic E-state index is 13.6. The molecule has 2 aromatic rings. The average molecular weight is 540 g/mol. The van der Waals surface area contributed by atoms with E-state index in [9.17, 15) is 9.18 Å². The Morgan fingerprint density at radius 2 is 1.81 bits per heavy atom. The Kier molecular flexibility index (Phi) is 11.0. The lowest BCUT2D eigenvalue weighted by atomic mass is 9.85. The summed E-state index contributed by atoms with van der Waals surface area (Å²) in [7, 11) is 3.50. The van der Waals surface area contributed by atoms with E-state index < -0.39 is 0 Å². The highest BCUT2D eigenvalue weighted by atomic mass is 127. The SMILES string of the molecule is CCNC(=NCC(C)(C)c1cccc(F)c1)NCCc1cccc(C(=O)N(C)C)c1.I. The minimum Gasteiger partial charge on any atom is -0.357 e. The van der Waals surface area contributed by atoms with E-state index in [0.29, 0.717) is 18.7 Å². The predicted octanol–water partition coefficient (Wildman–Crippen LogP) is 4.22. The van der Waals surface area contributed by atoms with Gasteiger partial charge in [-0.1, -0.05) is 38.1 Å². The van der Waals surface area contributed by atoms with Gasteiger partial charge in [0.05, 0.1) is 6.54 Å². The summed E-state index contributed by atoms with van der Waals surface area (Å²) in [6.45, 7) is 8.10. The molecule has 0 saturated heterocycles. The first kappa shape index (κ1) is 26.9. The number of halogens is 2. The lowest BCUT2D eigenvalue weighted by molar-refractivity contribution is 0.0827. The van der Waals surface area contributed by atoms with E-state index in [0.717, 1.165) is 30.1 Å². The molecular weight excluding hydrogens is 506 g/mol. The Labute approximate surface area is 202 Å². The molecule has 31 heavy (non-hydrogen) atoms. The van der Waals surface area contributed by atoms with Crippen LogP contribution >= 0.6 is 24.0 Å². The maximum atomic E-state index is 13.6. The van der Waals surface area contributed by atoms with Crippen molar-refractivity contribution in [2.75, 3.05) is 33.7 Å². The van der Waals surface area contributed by atoms with Crippen LogP contribution in [0.15, 0.2) is 53.5 Å². The zero-order valence-electron chi connectivity index (χ0n) is 19.0. The Bertz CT molecular complexity index is 883. The Morgan fingerprint density at radius 1 is 1.10 bits per heavy atom. The molecule has 2 rings (SSSR count). The van der Waals surface area contributed by atoms with Crippen LogP contribution in [0.3, 0.4) is 0 Å². The van der Waals surface area contributed by atoms with Crippen LogP contribution in [0.25, 0.3) is 0 Å². The van der Waals surface area contributed by atoms with Crippen molar-refractivity contribution in [2.24, 2.45) is 4.99 Å². The number of rotatable bonds is 8. The first-order chi connectivity index (χ1) is 14.2. The number of hydrogen-bond donors (Lipinski definition) is 2. The zero-order chi connectivity index (χ0) is 22.1. The summed E-state index contributed by atoms with van der Waals surface area (Å²) < 4.78 is 13.6. The summed E-state index contributed by atoms with van der Waals surface area (Å²) in [4.78, 5) is 18.4. The second-order valence-electron chi connectivity index (χ2n) is 8.17. The van der Waals surface area contributed by atoms with Crippen LogP contribution in [0.5, 0.6) is 0 Å². The van der Waals surface area contributed by atoms with E-state index in [4.69, 9.17) is 4.99 Å². The van der Waals surface area contributed by atoms with Gasteiger partial charge in [-0.05, 0) is 48.7 Å². The molecular formula is C24H34FIN4O. The molecule has 0 spiro atoms. The lowest BCUT2D eigenvalue weighted by Gasteiger charge is -2.24. The van der Waals surface area contributed by atoms with Crippen LogP contribution in [-0.4, -0.2) is 50.5 Å². The number of hydrogen-bond acceptors (Lipinski definition) is 2. The second kappa shape index (κ2) is 12.6. The third-order valence-corrected chi connectivity index (χ3v) is 4.87. The summed E-state index contributed by atoms with van der Waals surface area (Å²) in [6, 6.07) is 14.4. The monoisotopic (exact) mass is 540 g/mol. The smallest absolute Gasteiger partial charge is 0.253 e. The molecule has 0 fully saturated rings. The van der Waals surface area contributed by atoms with E-state index in [1.54, 1.807) is 31.1 Å². The van der Waals surface area contributed by atoms with Gasteiger partial charge in [0.25, 0.3) is 5.91 Å². The Balaban J connectivity index is 0.00000480. The molecule has 0 atom stereocenters. The predicted molar refractivity (Wildman–Crippen MR) is 137 cm³/mol. The maximum Gasteiger partial charge on any atom is 0.253 e. The topological polar surface area (TPSA) is 56.7 Å². The molecule has 0 aliphatic heterocycles. The van der Waals surface area contributed by atoms with Crippen LogP contribution < -0.4 is 10.6 Å². The third kappa shape index (κ3) is 8.47. The van der Waals surface area contributed by atoms with Crippen molar-refractivity contribution in [1.29, 1.82) is 0 Å². The minimum absolute atomic E-state index is 0. The fourth-order valence-corrected chi connectivity index (χ4v) is 3.06. The van der Waals surface area contributed by atoms with Gasteiger partial charge in [-0.2, -0.15) is 0 Å². The molecule has 0 aliphatic rings. The highest BCUT2D eigenvalue weighted by molar-refractivity contribution is 14.0. The highest BCUT2D eigenvalue weighted by Crippen LogP contribution is 2.24. The quantitative estimate of drug-likeness (QED) is 0.300. The number of carbonyl (C=O) groups excluding carboxylic acids is 1. The molecule has 0 saturated carbocycles. The van der Waals surface area contributed by atoms with Crippen LogP contribution in [0.2, 0.25) is 0 Å². The Hall–Kier alpha value is -2.16. The van der Waals surface area contributed by atoms with Crippen molar-refractivity contribution in [3.8, 4) is 0 Å². The van der Waals surface area contributed by atoms with Crippen molar-refractivity contribution >= 4 is 35.8 Å². The van der Waals surface area contributed by atoms with Crippen molar-refractivity contribution in [3.05, 3.63) is 71.0 Å². The standard InChI is InChI=1S/C24H33FN4O.HI/c1-6-26-23(28-17-24(2,3)20-11-8-12-21(25)16-20)27-14-13-18-9-7-10-19(15-18)22(30)29(4)5;/h7-12,15-16H,6,13-14,17H2,1-5H3,(H2,26,27,28);1H. The molecule has 0 bridgehead atoms. The zero-order valence-corrected chi connectivity index (χ0v) is 21.4. The number of aliphatic imine (C=N–C) groups is 1. The molecule has 5 nitrogen and oxygen atoms in total. The van der Waals surface area contributed by atoms with Gasteiger partial charge in [0.2, 0.25) is 0 Å². The number of guanidine groups is 1. The number of nitrogens with one attached hydrogen (secondary N) is 2. The fraction of sp³-hybridized carbons (Fsp3) is 0.417. The van der Waals surface area contributed by atoms with Crippen LogP contribution in [0.1, 0.15) is 42.3 Å². The van der Waals surface area contributed by atoms with E-state index in [1.165, 1.54) is 6.07 Å². The van der Waals surface area contributed by atoms with Gasteiger partial charge in [-0.25, -0.2) is 4.39 Å². The second-order valence-corrected chi connectivity index (χ2v) is 8.17. The van der Waals surface area contributed by atoms with E-state index in [1.807, 2.05) is 37.3 Å². The summed E-state index contributed by atoms with van der Waals surface area (Å²) in [5.74, 6) is 0.492. The Morgan fingerprint density at radius 3 is 2.45 bits per heavy atom. The molecule has 1 amide bonds. The summed E-state index contributed by atoms with van der Waals surface area (Å²) in [5, 5.41) is 6.60. The molecule has 170 valence electrons. The third-order valence-electron chi connectivity index (χ3n) is 4.87. The number of benzene rings is 2. The molecule has 0 heterocycles. The molecule has 2 aromatic carbocycles. The van der Waals surface area contributed by atoms with Crippen LogP contribution in [0.4, 0.5) is 4.39 Å². The van der Waals surface area contributed by atoms with Crippen molar-refractivity contribution < 1.29 is 9.18 Å². The largest absolute Gasteiger partial charge is 0.357 e. The summed E-state index contributed by atoms with van der Waals surface area (Å²) in [5.41, 5.74) is 2.41. The normalized spacial score (nSPS) is 11.5. The number of nitrogens with zero attached hydrogens (tertiary/aromatic N) is 2. The van der Waals surface area contributed by atoms with Gasteiger partial charge >= 0.3 is 0 Å². The molecule has 0 unspecified atom stereocenters. The number of carbonyl (C=O) groups is 1. The van der Waals surface area contributed by atoms with Crippen LogP contribution in [-0.2, 0) is 11.8 Å². The van der Waals surface area contributed by atoms with Gasteiger partial charge < -0.3 is 15.5 Å².